The Kier molecular flexibility index (Phi) is 2.79. The average molecular weight is 234 g/mol. The van der Waals surface area contributed by atoms with Gasteiger partial charge in [0.15, 0.2) is 5.75 Å². The fraction of sp³-hybridized carbons (Fsp3) is 0.308. The topological polar surface area (TPSA) is 59.7 Å². The SMILES string of the molecule is COc1c(C(=O)O)oc2ccc(C(C)C)cc12. The second kappa shape index (κ2) is 4.13. The van der Waals surface area contributed by atoms with E-state index in [1.165, 1.54) is 7.11 Å². The van der Waals surface area contributed by atoms with Gasteiger partial charge in [0, 0.05) is 0 Å². The van der Waals surface area contributed by atoms with Crippen LogP contribution in [0.5, 0.6) is 5.75 Å². The minimum atomic E-state index is -1.12. The van der Waals surface area contributed by atoms with Gasteiger partial charge in [0.2, 0.25) is 0 Å². The molecule has 1 aromatic heterocycles. The summed E-state index contributed by atoms with van der Waals surface area (Å²) in [5.74, 6) is -0.616. The summed E-state index contributed by atoms with van der Waals surface area (Å²) in [5, 5.41) is 9.71. The van der Waals surface area contributed by atoms with Crippen LogP contribution >= 0.6 is 0 Å². The van der Waals surface area contributed by atoms with Gasteiger partial charge >= 0.3 is 5.97 Å². The normalized spacial score (nSPS) is 11.1. The molecular formula is C13H14O4. The number of rotatable bonds is 3. The van der Waals surface area contributed by atoms with E-state index in [4.69, 9.17) is 14.3 Å². The molecule has 17 heavy (non-hydrogen) atoms. The third kappa shape index (κ3) is 1.86. The van der Waals surface area contributed by atoms with Crippen LogP contribution in [0, 0.1) is 0 Å². The zero-order chi connectivity index (χ0) is 12.6. The Morgan fingerprint density at radius 3 is 2.65 bits per heavy atom. The fourth-order valence-corrected chi connectivity index (χ4v) is 1.80. The van der Waals surface area contributed by atoms with Crippen LogP contribution in [-0.4, -0.2) is 18.2 Å². The van der Waals surface area contributed by atoms with E-state index in [0.29, 0.717) is 16.9 Å². The summed E-state index contributed by atoms with van der Waals surface area (Å²) < 4.78 is 10.4. The predicted octanol–water partition coefficient (Wildman–Crippen LogP) is 3.26. The first-order valence-corrected chi connectivity index (χ1v) is 5.38. The molecule has 0 spiro atoms. The minimum Gasteiger partial charge on any atom is -0.492 e. The molecule has 0 saturated carbocycles. The summed E-state index contributed by atoms with van der Waals surface area (Å²) in [6.45, 7) is 4.15. The number of carboxylic acids is 1. The maximum absolute atomic E-state index is 11.0. The lowest BCUT2D eigenvalue weighted by Crippen LogP contribution is -1.96. The molecule has 0 aliphatic heterocycles. The number of aromatic carboxylic acids is 1. The van der Waals surface area contributed by atoms with E-state index in [1.807, 2.05) is 12.1 Å². The van der Waals surface area contributed by atoms with Gasteiger partial charge in [-0.2, -0.15) is 0 Å². The van der Waals surface area contributed by atoms with Gasteiger partial charge in [-0.15, -0.1) is 0 Å². The first kappa shape index (κ1) is 11.5. The van der Waals surface area contributed by atoms with Crippen LogP contribution in [0.4, 0.5) is 0 Å². The smallest absolute Gasteiger partial charge is 0.375 e. The predicted molar refractivity (Wildman–Crippen MR) is 63.8 cm³/mol. The van der Waals surface area contributed by atoms with E-state index >= 15 is 0 Å². The molecule has 0 aliphatic rings. The van der Waals surface area contributed by atoms with Crippen molar-refractivity contribution in [2.75, 3.05) is 7.11 Å². The van der Waals surface area contributed by atoms with E-state index in [2.05, 4.69) is 13.8 Å². The van der Waals surface area contributed by atoms with Gasteiger partial charge in [0.1, 0.15) is 5.58 Å². The number of furan rings is 1. The van der Waals surface area contributed by atoms with Gasteiger partial charge in [0.05, 0.1) is 12.5 Å². The Bertz CT molecular complexity index is 566. The molecule has 0 fully saturated rings. The first-order chi connectivity index (χ1) is 8.04. The monoisotopic (exact) mass is 234 g/mol. The lowest BCUT2D eigenvalue weighted by Gasteiger charge is -2.04. The highest BCUT2D eigenvalue weighted by Gasteiger charge is 2.21. The molecule has 0 aliphatic carbocycles. The molecule has 0 bridgehead atoms. The van der Waals surface area contributed by atoms with Crippen molar-refractivity contribution in [3.63, 3.8) is 0 Å². The number of carbonyl (C=O) groups is 1. The Hall–Kier alpha value is -1.97. The summed E-state index contributed by atoms with van der Waals surface area (Å²) >= 11 is 0. The van der Waals surface area contributed by atoms with E-state index < -0.39 is 5.97 Å². The van der Waals surface area contributed by atoms with Crippen LogP contribution in [0.2, 0.25) is 0 Å². The molecule has 4 nitrogen and oxygen atoms in total. The average Bonchev–Trinajstić information content (AvgIpc) is 2.66. The van der Waals surface area contributed by atoms with Crippen LogP contribution in [-0.2, 0) is 0 Å². The third-order valence-corrected chi connectivity index (χ3v) is 2.73. The van der Waals surface area contributed by atoms with Crippen LogP contribution in [0.25, 0.3) is 11.0 Å². The van der Waals surface area contributed by atoms with E-state index in [0.717, 1.165) is 5.56 Å². The second-order valence-electron chi connectivity index (χ2n) is 4.18. The number of methoxy groups -OCH3 is 1. The summed E-state index contributed by atoms with van der Waals surface area (Å²) in [6.07, 6.45) is 0. The zero-order valence-corrected chi connectivity index (χ0v) is 9.98. The van der Waals surface area contributed by atoms with Gasteiger partial charge in [-0.25, -0.2) is 4.79 Å². The fourth-order valence-electron chi connectivity index (χ4n) is 1.80. The summed E-state index contributed by atoms with van der Waals surface area (Å²) in [4.78, 5) is 11.0. The molecule has 90 valence electrons. The largest absolute Gasteiger partial charge is 0.492 e. The molecule has 2 rings (SSSR count). The van der Waals surface area contributed by atoms with Crippen molar-refractivity contribution in [2.45, 2.75) is 19.8 Å². The summed E-state index contributed by atoms with van der Waals surface area (Å²) in [5.41, 5.74) is 1.65. The molecule has 1 heterocycles. The van der Waals surface area contributed by atoms with Crippen molar-refractivity contribution in [3.8, 4) is 5.75 Å². The zero-order valence-electron chi connectivity index (χ0n) is 9.98. The van der Waals surface area contributed by atoms with Gasteiger partial charge < -0.3 is 14.3 Å². The highest BCUT2D eigenvalue weighted by Crippen LogP contribution is 2.34. The minimum absolute atomic E-state index is 0.150. The molecule has 0 atom stereocenters. The maximum atomic E-state index is 11.0. The Labute approximate surface area is 98.8 Å². The molecule has 1 N–H and O–H groups in total. The first-order valence-electron chi connectivity index (χ1n) is 5.38. The molecule has 0 unspecified atom stereocenters. The maximum Gasteiger partial charge on any atom is 0.375 e. The van der Waals surface area contributed by atoms with Gasteiger partial charge in [-0.05, 0) is 23.6 Å². The quantitative estimate of drug-likeness (QED) is 0.885. The van der Waals surface area contributed by atoms with Crippen LogP contribution in [0.1, 0.15) is 35.9 Å². The van der Waals surface area contributed by atoms with Crippen LogP contribution in [0.15, 0.2) is 22.6 Å². The van der Waals surface area contributed by atoms with Crippen molar-refractivity contribution in [3.05, 3.63) is 29.5 Å². The van der Waals surface area contributed by atoms with Crippen molar-refractivity contribution < 1.29 is 19.1 Å². The summed E-state index contributed by atoms with van der Waals surface area (Å²) in [6, 6.07) is 5.62. The molecule has 1 aromatic carbocycles. The van der Waals surface area contributed by atoms with E-state index in [1.54, 1.807) is 6.07 Å². The van der Waals surface area contributed by atoms with Crippen molar-refractivity contribution in [1.82, 2.24) is 0 Å². The van der Waals surface area contributed by atoms with Gasteiger partial charge in [0.25, 0.3) is 5.76 Å². The Balaban J connectivity index is 2.71. The second-order valence-corrected chi connectivity index (χ2v) is 4.18. The van der Waals surface area contributed by atoms with Crippen molar-refractivity contribution >= 4 is 16.9 Å². The molecular weight excluding hydrogens is 220 g/mol. The molecule has 0 amide bonds. The Morgan fingerprint density at radius 2 is 2.12 bits per heavy atom. The lowest BCUT2D eigenvalue weighted by atomic mass is 10.0. The van der Waals surface area contributed by atoms with Crippen LogP contribution in [0.3, 0.4) is 0 Å². The lowest BCUT2D eigenvalue weighted by molar-refractivity contribution is 0.0660. The van der Waals surface area contributed by atoms with Gasteiger partial charge in [-0.3, -0.25) is 0 Å². The number of hydrogen-bond acceptors (Lipinski definition) is 3. The van der Waals surface area contributed by atoms with Crippen LogP contribution < -0.4 is 4.74 Å². The van der Waals surface area contributed by atoms with E-state index in [9.17, 15) is 4.79 Å². The number of benzene rings is 1. The number of carboxylic acid groups (broad SMARTS) is 1. The number of hydrogen-bond donors (Lipinski definition) is 1. The number of fused-ring (bicyclic) bond motifs is 1. The third-order valence-electron chi connectivity index (χ3n) is 2.73. The van der Waals surface area contributed by atoms with Crippen molar-refractivity contribution in [2.24, 2.45) is 0 Å². The molecule has 4 heteroatoms. The summed E-state index contributed by atoms with van der Waals surface area (Å²) in [7, 11) is 1.44. The highest BCUT2D eigenvalue weighted by molar-refractivity contribution is 5.98. The molecule has 0 saturated heterocycles. The molecule has 2 aromatic rings. The standard InChI is InChI=1S/C13H14O4/c1-7(2)8-4-5-10-9(6-8)11(16-3)12(17-10)13(14)15/h4-7H,1-3H3,(H,14,15). The van der Waals surface area contributed by atoms with Gasteiger partial charge in [-0.1, -0.05) is 19.9 Å². The van der Waals surface area contributed by atoms with Crippen molar-refractivity contribution in [1.29, 1.82) is 0 Å². The number of ether oxygens (including phenoxy) is 1. The van der Waals surface area contributed by atoms with E-state index in [-0.39, 0.29) is 11.5 Å². The highest BCUT2D eigenvalue weighted by atomic mass is 16.5. The molecule has 0 radical (unpaired) electrons. The Morgan fingerprint density at radius 1 is 1.41 bits per heavy atom.